The van der Waals surface area contributed by atoms with E-state index in [1.165, 1.54) is 0 Å². The van der Waals surface area contributed by atoms with Crippen LogP contribution in [-0.4, -0.2) is 16.3 Å². The van der Waals surface area contributed by atoms with Crippen LogP contribution in [-0.2, 0) is 6.54 Å². The minimum Gasteiger partial charge on any atom is -0.323 e. The van der Waals surface area contributed by atoms with Crippen molar-refractivity contribution in [3.8, 4) is 0 Å². The SMILES string of the molecule is CC(C)n1[nH]c(=O)c2c1CNCC2N. The highest BCUT2D eigenvalue weighted by Gasteiger charge is 2.24. The van der Waals surface area contributed by atoms with E-state index in [-0.39, 0.29) is 17.6 Å². The molecule has 0 radical (unpaired) electrons. The smallest absolute Gasteiger partial charge is 0.269 e. The van der Waals surface area contributed by atoms with Crippen LogP contribution in [0.4, 0.5) is 0 Å². The van der Waals surface area contributed by atoms with Gasteiger partial charge in [0.15, 0.2) is 0 Å². The van der Waals surface area contributed by atoms with Crippen molar-refractivity contribution in [2.75, 3.05) is 6.54 Å². The maximum absolute atomic E-state index is 11.6. The Morgan fingerprint density at radius 1 is 1.57 bits per heavy atom. The zero-order chi connectivity index (χ0) is 10.3. The lowest BCUT2D eigenvalue weighted by atomic mass is 10.0. The van der Waals surface area contributed by atoms with Crippen molar-refractivity contribution in [3.63, 3.8) is 0 Å². The predicted octanol–water partition coefficient (Wildman–Crippen LogP) is -0.140. The van der Waals surface area contributed by atoms with Gasteiger partial charge in [0.25, 0.3) is 5.56 Å². The zero-order valence-electron chi connectivity index (χ0n) is 8.50. The molecule has 0 spiro atoms. The number of nitrogens with two attached hydrogens (primary N) is 1. The second kappa shape index (κ2) is 3.25. The van der Waals surface area contributed by atoms with Gasteiger partial charge >= 0.3 is 0 Å². The maximum Gasteiger partial charge on any atom is 0.269 e. The van der Waals surface area contributed by atoms with Gasteiger partial charge in [-0.25, -0.2) is 0 Å². The van der Waals surface area contributed by atoms with Crippen LogP contribution in [0.25, 0.3) is 0 Å². The third-order valence-electron chi connectivity index (χ3n) is 2.61. The molecule has 2 heterocycles. The first kappa shape index (κ1) is 9.48. The molecule has 4 N–H and O–H groups in total. The van der Waals surface area contributed by atoms with Gasteiger partial charge in [-0.3, -0.25) is 14.6 Å². The number of hydrogen-bond donors (Lipinski definition) is 3. The van der Waals surface area contributed by atoms with Crippen molar-refractivity contribution < 1.29 is 0 Å². The second-order valence-corrected chi connectivity index (χ2v) is 4.00. The molecule has 1 atom stereocenters. The summed E-state index contributed by atoms with van der Waals surface area (Å²) in [6.45, 7) is 5.48. The summed E-state index contributed by atoms with van der Waals surface area (Å²) in [5.74, 6) is 0. The molecule has 0 amide bonds. The molecule has 0 aliphatic carbocycles. The summed E-state index contributed by atoms with van der Waals surface area (Å²) < 4.78 is 1.89. The number of nitrogens with zero attached hydrogens (tertiary/aromatic N) is 1. The van der Waals surface area contributed by atoms with Gasteiger partial charge in [-0.05, 0) is 13.8 Å². The van der Waals surface area contributed by atoms with Gasteiger partial charge in [-0.1, -0.05) is 0 Å². The third-order valence-corrected chi connectivity index (χ3v) is 2.61. The number of nitrogens with one attached hydrogen (secondary N) is 2. The fourth-order valence-electron chi connectivity index (χ4n) is 1.95. The molecule has 0 aromatic carbocycles. The van der Waals surface area contributed by atoms with Crippen LogP contribution in [0.1, 0.15) is 37.2 Å². The molecule has 1 aromatic rings. The van der Waals surface area contributed by atoms with Gasteiger partial charge in [0.05, 0.1) is 11.3 Å². The number of hydrogen-bond acceptors (Lipinski definition) is 3. The largest absolute Gasteiger partial charge is 0.323 e. The Labute approximate surface area is 82.3 Å². The van der Waals surface area contributed by atoms with Crippen LogP contribution in [0.3, 0.4) is 0 Å². The monoisotopic (exact) mass is 196 g/mol. The van der Waals surface area contributed by atoms with Gasteiger partial charge in [0.2, 0.25) is 0 Å². The van der Waals surface area contributed by atoms with Gasteiger partial charge in [-0.15, -0.1) is 0 Å². The van der Waals surface area contributed by atoms with E-state index >= 15 is 0 Å². The zero-order valence-corrected chi connectivity index (χ0v) is 8.50. The van der Waals surface area contributed by atoms with E-state index in [4.69, 9.17) is 5.73 Å². The minimum absolute atomic E-state index is 0.0392. The first-order valence-corrected chi connectivity index (χ1v) is 4.91. The molecule has 14 heavy (non-hydrogen) atoms. The van der Waals surface area contributed by atoms with E-state index in [9.17, 15) is 4.79 Å². The molecular weight excluding hydrogens is 180 g/mol. The van der Waals surface area contributed by atoms with Crippen LogP contribution >= 0.6 is 0 Å². The summed E-state index contributed by atoms with van der Waals surface area (Å²) in [7, 11) is 0. The lowest BCUT2D eigenvalue weighted by molar-refractivity contribution is 0.469. The third kappa shape index (κ3) is 1.29. The Balaban J connectivity index is 2.58. The van der Waals surface area contributed by atoms with E-state index in [1.807, 2.05) is 18.5 Å². The van der Waals surface area contributed by atoms with E-state index < -0.39 is 0 Å². The van der Waals surface area contributed by atoms with Crippen molar-refractivity contribution in [2.45, 2.75) is 32.5 Å². The first-order chi connectivity index (χ1) is 6.61. The van der Waals surface area contributed by atoms with E-state index in [2.05, 4.69) is 10.4 Å². The lowest BCUT2D eigenvalue weighted by Gasteiger charge is -2.21. The molecule has 1 aromatic heterocycles. The van der Waals surface area contributed by atoms with Crippen molar-refractivity contribution in [1.82, 2.24) is 15.1 Å². The number of rotatable bonds is 1. The van der Waals surface area contributed by atoms with E-state index in [0.29, 0.717) is 6.54 Å². The van der Waals surface area contributed by atoms with E-state index in [1.54, 1.807) is 0 Å². The van der Waals surface area contributed by atoms with Crippen LogP contribution < -0.4 is 16.6 Å². The molecular formula is C9H16N4O. The van der Waals surface area contributed by atoms with Crippen molar-refractivity contribution in [2.24, 2.45) is 5.73 Å². The van der Waals surface area contributed by atoms with Gasteiger partial charge in [0, 0.05) is 25.2 Å². The van der Waals surface area contributed by atoms with Crippen LogP contribution in [0, 0.1) is 0 Å². The summed E-state index contributed by atoms with van der Waals surface area (Å²) >= 11 is 0. The highest BCUT2D eigenvalue weighted by atomic mass is 16.1. The normalized spacial score (nSPS) is 21.3. The fourth-order valence-corrected chi connectivity index (χ4v) is 1.95. The van der Waals surface area contributed by atoms with Gasteiger partial charge in [0.1, 0.15) is 0 Å². The number of H-pyrrole nitrogens is 1. The topological polar surface area (TPSA) is 75.8 Å². The van der Waals surface area contributed by atoms with Gasteiger partial charge in [-0.2, -0.15) is 0 Å². The average Bonchev–Trinajstić information content (AvgIpc) is 2.45. The van der Waals surface area contributed by atoms with Gasteiger partial charge < -0.3 is 11.1 Å². The molecule has 2 rings (SSSR count). The summed E-state index contributed by atoms with van der Waals surface area (Å²) in [6.07, 6.45) is 0. The molecule has 1 aliphatic heterocycles. The van der Waals surface area contributed by atoms with Crippen LogP contribution in [0.2, 0.25) is 0 Å². The minimum atomic E-state index is -0.178. The predicted molar refractivity (Wildman–Crippen MR) is 54.1 cm³/mol. The van der Waals surface area contributed by atoms with E-state index in [0.717, 1.165) is 17.8 Å². The second-order valence-electron chi connectivity index (χ2n) is 4.00. The molecule has 5 nitrogen and oxygen atoms in total. The Hall–Kier alpha value is -1.07. The summed E-state index contributed by atoms with van der Waals surface area (Å²) in [5.41, 5.74) is 7.58. The standard InChI is InChI=1S/C9H16N4O/c1-5(2)13-7-4-11-3-6(10)8(7)9(14)12-13/h5-6,11H,3-4,10H2,1-2H3,(H,12,14). The molecule has 1 unspecified atom stereocenters. The number of fused-ring (bicyclic) bond motifs is 1. The highest BCUT2D eigenvalue weighted by molar-refractivity contribution is 5.25. The Morgan fingerprint density at radius 2 is 2.29 bits per heavy atom. The molecule has 78 valence electrons. The average molecular weight is 196 g/mol. The first-order valence-electron chi connectivity index (χ1n) is 4.91. The summed E-state index contributed by atoms with van der Waals surface area (Å²) in [6, 6.07) is 0.0843. The fraction of sp³-hybridized carbons (Fsp3) is 0.667. The number of aromatic amines is 1. The molecule has 0 bridgehead atoms. The molecule has 5 heteroatoms. The molecule has 1 aliphatic rings. The van der Waals surface area contributed by atoms with Crippen LogP contribution in [0.5, 0.6) is 0 Å². The summed E-state index contributed by atoms with van der Waals surface area (Å²) in [4.78, 5) is 11.6. The lowest BCUT2D eigenvalue weighted by Crippen LogP contribution is -2.35. The van der Waals surface area contributed by atoms with Crippen molar-refractivity contribution >= 4 is 0 Å². The Bertz CT molecular complexity index is 390. The Kier molecular flexibility index (Phi) is 2.20. The number of aromatic nitrogens is 2. The molecule has 0 saturated carbocycles. The Morgan fingerprint density at radius 3 is 2.93 bits per heavy atom. The summed E-state index contributed by atoms with van der Waals surface area (Å²) in [5, 5.41) is 6.02. The molecule has 0 fully saturated rings. The van der Waals surface area contributed by atoms with Crippen LogP contribution in [0.15, 0.2) is 4.79 Å². The van der Waals surface area contributed by atoms with Crippen molar-refractivity contribution in [3.05, 3.63) is 21.6 Å². The molecule has 0 saturated heterocycles. The maximum atomic E-state index is 11.6. The van der Waals surface area contributed by atoms with Crippen molar-refractivity contribution in [1.29, 1.82) is 0 Å². The quantitative estimate of drug-likeness (QED) is 0.585. The highest BCUT2D eigenvalue weighted by Crippen LogP contribution is 2.18.